The summed E-state index contributed by atoms with van der Waals surface area (Å²) in [5.41, 5.74) is 1.38. The van der Waals surface area contributed by atoms with Crippen LogP contribution in [-0.4, -0.2) is 74.7 Å². The fourth-order valence-electron chi connectivity index (χ4n) is 3.37. The normalized spacial score (nSPS) is 15.4. The first-order valence-corrected chi connectivity index (χ1v) is 8.46. The Morgan fingerprint density at radius 2 is 1.76 bits per heavy atom. The summed E-state index contributed by atoms with van der Waals surface area (Å²) in [6.45, 7) is 6.42. The van der Waals surface area contributed by atoms with E-state index in [1.807, 2.05) is 11.0 Å². The minimum atomic E-state index is 0.00697. The summed E-state index contributed by atoms with van der Waals surface area (Å²) in [6, 6.07) is 1.82. The zero-order valence-electron chi connectivity index (χ0n) is 15.2. The molecule has 0 aliphatic carbocycles. The number of carbonyl (C=O) groups excluding carboxylic acids is 1. The van der Waals surface area contributed by atoms with Crippen LogP contribution in [0.2, 0.25) is 0 Å². The van der Waals surface area contributed by atoms with Crippen LogP contribution in [0, 0.1) is 0 Å². The molecule has 1 fully saturated rings. The van der Waals surface area contributed by atoms with Crippen molar-refractivity contribution < 1.29 is 19.0 Å². The number of amides is 1. The predicted molar refractivity (Wildman–Crippen MR) is 96.0 cm³/mol. The molecule has 2 aromatic rings. The van der Waals surface area contributed by atoms with Crippen LogP contribution < -0.4 is 14.2 Å². The molecule has 1 amide bonds. The van der Waals surface area contributed by atoms with Gasteiger partial charge in [-0.15, -0.1) is 0 Å². The van der Waals surface area contributed by atoms with Gasteiger partial charge in [-0.2, -0.15) is 0 Å². The van der Waals surface area contributed by atoms with E-state index in [1.165, 1.54) is 0 Å². The van der Waals surface area contributed by atoms with E-state index in [1.54, 1.807) is 27.5 Å². The molecule has 0 bridgehead atoms. The zero-order chi connectivity index (χ0) is 18.0. The van der Waals surface area contributed by atoms with Crippen molar-refractivity contribution in [2.75, 3.05) is 54.1 Å². The molecule has 0 unspecified atom stereocenters. The molecule has 2 heterocycles. The molecule has 0 saturated carbocycles. The number of nitrogens with one attached hydrogen (secondary N) is 1. The smallest absolute Gasteiger partial charge is 0.256 e. The molecule has 0 radical (unpaired) electrons. The van der Waals surface area contributed by atoms with E-state index in [0.717, 1.165) is 43.6 Å². The Balaban J connectivity index is 2.01. The number of methoxy groups -OCH3 is 3. The third-order valence-electron chi connectivity index (χ3n) is 4.81. The van der Waals surface area contributed by atoms with Crippen LogP contribution in [0.15, 0.2) is 12.3 Å². The Hall–Kier alpha value is -2.41. The highest BCUT2D eigenvalue weighted by Crippen LogP contribution is 2.44. The van der Waals surface area contributed by atoms with E-state index in [0.29, 0.717) is 22.8 Å². The van der Waals surface area contributed by atoms with Crippen molar-refractivity contribution >= 4 is 16.8 Å². The summed E-state index contributed by atoms with van der Waals surface area (Å²) >= 11 is 0. The van der Waals surface area contributed by atoms with Crippen molar-refractivity contribution in [3.63, 3.8) is 0 Å². The molecule has 0 spiro atoms. The topological polar surface area (TPSA) is 67.0 Å². The van der Waals surface area contributed by atoms with Crippen molar-refractivity contribution in [2.24, 2.45) is 0 Å². The number of H-pyrrole nitrogens is 1. The van der Waals surface area contributed by atoms with Gasteiger partial charge >= 0.3 is 0 Å². The molecular formula is C18H25N3O4. The maximum atomic E-state index is 13.1. The second-order valence-corrected chi connectivity index (χ2v) is 6.00. The van der Waals surface area contributed by atoms with Crippen molar-refractivity contribution in [1.29, 1.82) is 0 Å². The van der Waals surface area contributed by atoms with Gasteiger partial charge in [0.2, 0.25) is 5.75 Å². The first-order valence-electron chi connectivity index (χ1n) is 8.46. The lowest BCUT2D eigenvalue weighted by Gasteiger charge is -2.34. The number of aromatic nitrogens is 1. The van der Waals surface area contributed by atoms with Gasteiger partial charge in [0.05, 0.1) is 37.8 Å². The highest BCUT2D eigenvalue weighted by atomic mass is 16.5. The fraction of sp³-hybridized carbons (Fsp3) is 0.500. The first-order chi connectivity index (χ1) is 12.1. The average Bonchev–Trinajstić information content (AvgIpc) is 3.09. The van der Waals surface area contributed by atoms with Gasteiger partial charge < -0.3 is 29.0 Å². The van der Waals surface area contributed by atoms with E-state index in [-0.39, 0.29) is 5.91 Å². The van der Waals surface area contributed by atoms with Crippen LogP contribution in [-0.2, 0) is 0 Å². The Labute approximate surface area is 147 Å². The number of rotatable bonds is 5. The van der Waals surface area contributed by atoms with Crippen LogP contribution in [0.5, 0.6) is 17.2 Å². The van der Waals surface area contributed by atoms with Gasteiger partial charge in [0.15, 0.2) is 11.5 Å². The highest BCUT2D eigenvalue weighted by molar-refractivity contribution is 6.10. The number of aromatic amines is 1. The molecule has 0 atom stereocenters. The van der Waals surface area contributed by atoms with Gasteiger partial charge in [0.1, 0.15) is 0 Å². The number of nitrogens with zero attached hydrogens (tertiary/aromatic N) is 2. The van der Waals surface area contributed by atoms with Crippen LogP contribution in [0.25, 0.3) is 10.9 Å². The Bertz CT molecular complexity index is 763. The maximum Gasteiger partial charge on any atom is 0.256 e. The SMILES string of the molecule is CCN1CCN(C(=O)c2c[nH]c3cc(OC)c(OC)c(OC)c23)CC1. The van der Waals surface area contributed by atoms with E-state index in [4.69, 9.17) is 14.2 Å². The molecule has 3 rings (SSSR count). The molecule has 7 nitrogen and oxygen atoms in total. The van der Waals surface area contributed by atoms with Gasteiger partial charge in [-0.05, 0) is 6.54 Å². The Kier molecular flexibility index (Phi) is 5.03. The lowest BCUT2D eigenvalue weighted by atomic mass is 10.1. The highest BCUT2D eigenvalue weighted by Gasteiger charge is 2.27. The van der Waals surface area contributed by atoms with Crippen molar-refractivity contribution in [1.82, 2.24) is 14.8 Å². The lowest BCUT2D eigenvalue weighted by molar-refractivity contribution is 0.0645. The molecule has 1 aliphatic heterocycles. The number of ether oxygens (including phenoxy) is 3. The molecule has 25 heavy (non-hydrogen) atoms. The van der Waals surface area contributed by atoms with Crippen molar-refractivity contribution in [3.8, 4) is 17.2 Å². The predicted octanol–water partition coefficient (Wildman–Crippen LogP) is 1.97. The molecule has 1 N–H and O–H groups in total. The number of hydrogen-bond acceptors (Lipinski definition) is 5. The van der Waals surface area contributed by atoms with Crippen LogP contribution in [0.4, 0.5) is 0 Å². The average molecular weight is 347 g/mol. The number of benzene rings is 1. The summed E-state index contributed by atoms with van der Waals surface area (Å²) in [5.74, 6) is 1.56. The summed E-state index contributed by atoms with van der Waals surface area (Å²) in [4.78, 5) is 20.4. The number of likely N-dealkylation sites (N-methyl/N-ethyl adjacent to an activating group) is 1. The summed E-state index contributed by atoms with van der Waals surface area (Å²) < 4.78 is 16.4. The third-order valence-corrected chi connectivity index (χ3v) is 4.81. The Morgan fingerprint density at radius 3 is 2.32 bits per heavy atom. The summed E-state index contributed by atoms with van der Waals surface area (Å²) in [7, 11) is 4.70. The second kappa shape index (κ2) is 7.23. The minimum Gasteiger partial charge on any atom is -0.493 e. The van der Waals surface area contributed by atoms with Crippen LogP contribution in [0.1, 0.15) is 17.3 Å². The molecule has 1 aliphatic rings. The first kappa shape index (κ1) is 17.4. The summed E-state index contributed by atoms with van der Waals surface area (Å²) in [5, 5.41) is 0.725. The van der Waals surface area contributed by atoms with Gasteiger partial charge in [0.25, 0.3) is 5.91 Å². The molecule has 136 valence electrons. The molecule has 7 heteroatoms. The minimum absolute atomic E-state index is 0.00697. The maximum absolute atomic E-state index is 13.1. The second-order valence-electron chi connectivity index (χ2n) is 6.00. The monoisotopic (exact) mass is 347 g/mol. The standard InChI is InChI=1S/C18H25N3O4/c1-5-20-6-8-21(9-7-20)18(22)12-11-19-13-10-14(23-2)16(24-3)17(25-4)15(12)13/h10-11,19H,5-9H2,1-4H3. The van der Waals surface area contributed by atoms with E-state index in [2.05, 4.69) is 16.8 Å². The quantitative estimate of drug-likeness (QED) is 0.896. The summed E-state index contributed by atoms with van der Waals surface area (Å²) in [6.07, 6.45) is 1.74. The fourth-order valence-corrected chi connectivity index (χ4v) is 3.37. The third kappa shape index (κ3) is 3.00. The van der Waals surface area contributed by atoms with Crippen LogP contribution in [0.3, 0.4) is 0 Å². The van der Waals surface area contributed by atoms with Gasteiger partial charge in [0, 0.05) is 38.4 Å². The van der Waals surface area contributed by atoms with E-state index >= 15 is 0 Å². The number of fused-ring (bicyclic) bond motifs is 1. The van der Waals surface area contributed by atoms with E-state index in [9.17, 15) is 4.79 Å². The molecular weight excluding hydrogens is 322 g/mol. The Morgan fingerprint density at radius 1 is 1.08 bits per heavy atom. The number of carbonyl (C=O) groups is 1. The number of hydrogen-bond donors (Lipinski definition) is 1. The van der Waals surface area contributed by atoms with Crippen LogP contribution >= 0.6 is 0 Å². The largest absolute Gasteiger partial charge is 0.493 e. The lowest BCUT2D eigenvalue weighted by Crippen LogP contribution is -2.48. The van der Waals surface area contributed by atoms with Gasteiger partial charge in [-0.1, -0.05) is 6.92 Å². The van der Waals surface area contributed by atoms with Crippen molar-refractivity contribution in [2.45, 2.75) is 6.92 Å². The van der Waals surface area contributed by atoms with Gasteiger partial charge in [-0.3, -0.25) is 4.79 Å². The molecule has 1 aromatic carbocycles. The number of piperazine rings is 1. The molecule has 1 aromatic heterocycles. The van der Waals surface area contributed by atoms with Gasteiger partial charge in [-0.25, -0.2) is 0 Å². The zero-order valence-corrected chi connectivity index (χ0v) is 15.2. The van der Waals surface area contributed by atoms with E-state index < -0.39 is 0 Å². The van der Waals surface area contributed by atoms with Crippen molar-refractivity contribution in [3.05, 3.63) is 17.8 Å². The molecule has 1 saturated heterocycles.